The van der Waals surface area contributed by atoms with Crippen LogP contribution < -0.4 is 0 Å². The number of hydrogen-bond acceptors (Lipinski definition) is 4. The summed E-state index contributed by atoms with van der Waals surface area (Å²) < 4.78 is 0. The van der Waals surface area contributed by atoms with Gasteiger partial charge in [0.25, 0.3) is 0 Å². The molecule has 0 atom stereocenters. The summed E-state index contributed by atoms with van der Waals surface area (Å²) in [5.74, 6) is 0.714. The highest BCUT2D eigenvalue weighted by Crippen LogP contribution is 2.21. The van der Waals surface area contributed by atoms with Crippen molar-refractivity contribution in [3.63, 3.8) is 0 Å². The number of fused-ring (bicyclic) bond motifs is 1. The van der Waals surface area contributed by atoms with Gasteiger partial charge in [-0.25, -0.2) is 9.97 Å². The fourth-order valence-corrected chi connectivity index (χ4v) is 3.06. The summed E-state index contributed by atoms with van der Waals surface area (Å²) in [6.07, 6.45) is 4.75. The first-order valence-corrected chi connectivity index (χ1v) is 8.32. The van der Waals surface area contributed by atoms with Crippen LogP contribution in [-0.4, -0.2) is 26.4 Å². The number of rotatable bonds is 3. The zero-order chi connectivity index (χ0) is 16.4. The van der Waals surface area contributed by atoms with E-state index in [1.165, 1.54) is 16.7 Å². The predicted octanol–water partition coefficient (Wildman–Crippen LogP) is 3.41. The molecule has 0 unspecified atom stereocenters. The van der Waals surface area contributed by atoms with Crippen molar-refractivity contribution in [1.82, 2.24) is 19.9 Å². The van der Waals surface area contributed by atoms with Gasteiger partial charge in [0.1, 0.15) is 5.69 Å². The number of hydrogen-bond donors (Lipinski definition) is 0. The Morgan fingerprint density at radius 1 is 1.04 bits per heavy atom. The van der Waals surface area contributed by atoms with Crippen LogP contribution >= 0.6 is 0 Å². The first-order valence-electron chi connectivity index (χ1n) is 8.32. The summed E-state index contributed by atoms with van der Waals surface area (Å²) in [6, 6.07) is 14.6. The van der Waals surface area contributed by atoms with Crippen LogP contribution in [0.2, 0.25) is 0 Å². The van der Waals surface area contributed by atoms with Crippen LogP contribution in [0.5, 0.6) is 0 Å². The predicted molar refractivity (Wildman–Crippen MR) is 94.3 cm³/mol. The molecule has 0 aliphatic carbocycles. The molecular formula is C20H20N4. The van der Waals surface area contributed by atoms with Gasteiger partial charge in [-0.2, -0.15) is 0 Å². The van der Waals surface area contributed by atoms with Crippen molar-refractivity contribution in [2.45, 2.75) is 26.4 Å². The second-order valence-corrected chi connectivity index (χ2v) is 6.33. The summed E-state index contributed by atoms with van der Waals surface area (Å²) >= 11 is 0. The minimum absolute atomic E-state index is 0.714. The van der Waals surface area contributed by atoms with E-state index in [0.29, 0.717) is 5.82 Å². The molecule has 4 rings (SSSR count). The Balaban J connectivity index is 1.54. The molecule has 0 N–H and O–H groups in total. The molecule has 0 saturated heterocycles. The number of nitrogens with zero attached hydrogens (tertiary/aromatic N) is 4. The van der Waals surface area contributed by atoms with Gasteiger partial charge in [0.05, 0.1) is 5.69 Å². The van der Waals surface area contributed by atoms with E-state index in [4.69, 9.17) is 4.98 Å². The van der Waals surface area contributed by atoms with Crippen molar-refractivity contribution in [2.24, 2.45) is 0 Å². The smallest absolute Gasteiger partial charge is 0.178 e. The van der Waals surface area contributed by atoms with E-state index in [1.807, 2.05) is 24.4 Å². The van der Waals surface area contributed by atoms with Crippen LogP contribution in [0.15, 0.2) is 54.9 Å². The van der Waals surface area contributed by atoms with Crippen molar-refractivity contribution < 1.29 is 0 Å². The monoisotopic (exact) mass is 316 g/mol. The molecule has 0 fully saturated rings. The lowest BCUT2D eigenvalue weighted by molar-refractivity contribution is 0.241. The van der Waals surface area contributed by atoms with Gasteiger partial charge in [0.2, 0.25) is 0 Å². The van der Waals surface area contributed by atoms with E-state index in [1.54, 1.807) is 6.20 Å². The lowest BCUT2D eigenvalue weighted by Crippen LogP contribution is -2.31. The van der Waals surface area contributed by atoms with E-state index in [0.717, 1.165) is 37.4 Å². The van der Waals surface area contributed by atoms with Gasteiger partial charge in [-0.05, 0) is 36.6 Å². The zero-order valence-corrected chi connectivity index (χ0v) is 13.8. The summed E-state index contributed by atoms with van der Waals surface area (Å²) in [6.45, 7) is 5.00. The minimum Gasteiger partial charge on any atom is -0.293 e. The van der Waals surface area contributed by atoms with Gasteiger partial charge < -0.3 is 0 Å². The van der Waals surface area contributed by atoms with E-state index in [2.05, 4.69) is 46.1 Å². The molecule has 2 aromatic heterocycles. The van der Waals surface area contributed by atoms with Gasteiger partial charge in [0, 0.05) is 32.0 Å². The Hall–Kier alpha value is -2.59. The molecule has 4 heteroatoms. The minimum atomic E-state index is 0.714. The van der Waals surface area contributed by atoms with E-state index in [9.17, 15) is 0 Å². The average Bonchev–Trinajstić information content (AvgIpc) is 2.64. The maximum Gasteiger partial charge on any atom is 0.178 e. The number of aryl methyl sites for hydroxylation is 1. The van der Waals surface area contributed by atoms with Crippen molar-refractivity contribution in [1.29, 1.82) is 0 Å². The highest BCUT2D eigenvalue weighted by Gasteiger charge is 2.19. The lowest BCUT2D eigenvalue weighted by Gasteiger charge is -2.28. The van der Waals surface area contributed by atoms with Gasteiger partial charge in [0.15, 0.2) is 5.82 Å². The molecule has 3 aromatic rings. The normalized spacial score (nSPS) is 14.4. The fraction of sp³-hybridized carbons (Fsp3) is 0.250. The van der Waals surface area contributed by atoms with Crippen LogP contribution in [0, 0.1) is 6.92 Å². The Morgan fingerprint density at radius 3 is 2.71 bits per heavy atom. The van der Waals surface area contributed by atoms with Crippen LogP contribution in [0.4, 0.5) is 0 Å². The lowest BCUT2D eigenvalue weighted by atomic mass is 10.1. The molecule has 0 spiro atoms. The molecule has 1 aliphatic rings. The van der Waals surface area contributed by atoms with E-state index < -0.39 is 0 Å². The highest BCUT2D eigenvalue weighted by molar-refractivity contribution is 5.49. The first kappa shape index (κ1) is 15.0. The highest BCUT2D eigenvalue weighted by atomic mass is 15.1. The molecule has 0 radical (unpaired) electrons. The quantitative estimate of drug-likeness (QED) is 0.742. The summed E-state index contributed by atoms with van der Waals surface area (Å²) in [4.78, 5) is 16.1. The summed E-state index contributed by atoms with van der Waals surface area (Å²) in [5.41, 5.74) is 5.87. The number of pyridine rings is 1. The molecule has 0 saturated carbocycles. The van der Waals surface area contributed by atoms with Crippen molar-refractivity contribution >= 4 is 0 Å². The van der Waals surface area contributed by atoms with Crippen LogP contribution in [0.1, 0.15) is 22.4 Å². The Morgan fingerprint density at radius 2 is 1.92 bits per heavy atom. The van der Waals surface area contributed by atoms with Crippen LogP contribution in [0.25, 0.3) is 11.5 Å². The van der Waals surface area contributed by atoms with Gasteiger partial charge >= 0.3 is 0 Å². The SMILES string of the molecule is Cc1ccc(CN2CCc3cnc(-c4ccccn4)nc3C2)cc1. The Kier molecular flexibility index (Phi) is 4.05. The topological polar surface area (TPSA) is 41.9 Å². The van der Waals surface area contributed by atoms with Gasteiger partial charge in [-0.3, -0.25) is 9.88 Å². The summed E-state index contributed by atoms with van der Waals surface area (Å²) in [5, 5.41) is 0. The van der Waals surface area contributed by atoms with Crippen molar-refractivity contribution in [3.8, 4) is 11.5 Å². The number of benzene rings is 1. The summed E-state index contributed by atoms with van der Waals surface area (Å²) in [7, 11) is 0. The van der Waals surface area contributed by atoms with Gasteiger partial charge in [-0.15, -0.1) is 0 Å². The van der Waals surface area contributed by atoms with Gasteiger partial charge in [-0.1, -0.05) is 35.9 Å². The molecule has 0 amide bonds. The standard InChI is InChI=1S/C20H20N4/c1-15-5-7-16(8-6-15)13-24-11-9-17-12-22-20(23-19(17)14-24)18-4-2-3-10-21-18/h2-8,10,12H,9,11,13-14H2,1H3. The zero-order valence-electron chi connectivity index (χ0n) is 13.8. The van der Waals surface area contributed by atoms with Crippen molar-refractivity contribution in [2.75, 3.05) is 6.54 Å². The Bertz CT molecular complexity index is 828. The van der Waals surface area contributed by atoms with E-state index >= 15 is 0 Å². The molecule has 3 heterocycles. The maximum absolute atomic E-state index is 4.77. The average molecular weight is 316 g/mol. The molecular weight excluding hydrogens is 296 g/mol. The van der Waals surface area contributed by atoms with Crippen LogP contribution in [0.3, 0.4) is 0 Å². The molecule has 1 aliphatic heterocycles. The third-order valence-electron chi connectivity index (χ3n) is 4.45. The Labute approximate surface area is 142 Å². The molecule has 0 bridgehead atoms. The molecule has 1 aromatic carbocycles. The number of aromatic nitrogens is 3. The molecule has 24 heavy (non-hydrogen) atoms. The largest absolute Gasteiger partial charge is 0.293 e. The maximum atomic E-state index is 4.77. The third-order valence-corrected chi connectivity index (χ3v) is 4.45. The molecule has 4 nitrogen and oxygen atoms in total. The second kappa shape index (κ2) is 6.49. The fourth-order valence-electron chi connectivity index (χ4n) is 3.06. The second-order valence-electron chi connectivity index (χ2n) is 6.33. The molecule has 120 valence electrons. The first-order chi connectivity index (χ1) is 11.8. The third kappa shape index (κ3) is 3.19. The van der Waals surface area contributed by atoms with E-state index in [-0.39, 0.29) is 0 Å². The van der Waals surface area contributed by atoms with Crippen LogP contribution in [-0.2, 0) is 19.5 Å². The van der Waals surface area contributed by atoms with Crippen molar-refractivity contribution in [3.05, 3.63) is 77.2 Å².